The normalized spacial score (nSPS) is 23.1. The van der Waals surface area contributed by atoms with Crippen LogP contribution in [0, 0.1) is 0 Å². The molecule has 2 N–H and O–H groups in total. The molecule has 1 rings (SSSR count). The first kappa shape index (κ1) is 12.4. The van der Waals surface area contributed by atoms with Crippen molar-refractivity contribution in [3.8, 4) is 0 Å². The molecule has 0 radical (unpaired) electrons. The first-order chi connectivity index (χ1) is 7.09. The summed E-state index contributed by atoms with van der Waals surface area (Å²) >= 11 is 0. The van der Waals surface area contributed by atoms with Crippen molar-refractivity contribution in [1.29, 1.82) is 0 Å². The number of hydrogen-bond acceptors (Lipinski definition) is 4. The highest BCUT2D eigenvalue weighted by Gasteiger charge is 2.22. The maximum atomic E-state index is 11.7. The largest absolute Gasteiger partial charge is 0.353 e. The van der Waals surface area contributed by atoms with Crippen LogP contribution in [0.4, 0.5) is 0 Å². The SMILES string of the molecule is CN(C)CCNC(=O)C1CN(C)CCN1. The molecular weight excluding hydrogens is 192 g/mol. The molecule has 88 valence electrons. The van der Waals surface area contributed by atoms with Crippen molar-refractivity contribution >= 4 is 5.91 Å². The number of nitrogens with one attached hydrogen (secondary N) is 2. The van der Waals surface area contributed by atoms with Gasteiger partial charge in [0.1, 0.15) is 0 Å². The second-order valence-corrected chi connectivity index (χ2v) is 4.36. The molecule has 1 fully saturated rings. The van der Waals surface area contributed by atoms with Gasteiger partial charge in [0.25, 0.3) is 0 Å². The molecule has 0 aliphatic carbocycles. The fourth-order valence-corrected chi connectivity index (χ4v) is 1.60. The number of amides is 1. The quantitative estimate of drug-likeness (QED) is 0.602. The maximum absolute atomic E-state index is 11.7. The predicted octanol–water partition coefficient (Wildman–Crippen LogP) is -1.43. The number of hydrogen-bond donors (Lipinski definition) is 2. The number of likely N-dealkylation sites (N-methyl/N-ethyl adjacent to an activating group) is 2. The highest BCUT2D eigenvalue weighted by molar-refractivity contribution is 5.82. The Morgan fingerprint density at radius 2 is 2.33 bits per heavy atom. The summed E-state index contributed by atoms with van der Waals surface area (Å²) in [5.74, 6) is 0.114. The number of piperazine rings is 1. The average molecular weight is 214 g/mol. The zero-order valence-corrected chi connectivity index (χ0v) is 9.92. The van der Waals surface area contributed by atoms with Crippen LogP contribution in [0.1, 0.15) is 0 Å². The van der Waals surface area contributed by atoms with Crippen molar-refractivity contribution in [3.63, 3.8) is 0 Å². The van der Waals surface area contributed by atoms with Gasteiger partial charge in [0, 0.05) is 32.7 Å². The van der Waals surface area contributed by atoms with Crippen molar-refractivity contribution in [2.45, 2.75) is 6.04 Å². The molecule has 0 aromatic heterocycles. The second-order valence-electron chi connectivity index (χ2n) is 4.36. The van der Waals surface area contributed by atoms with Crippen molar-refractivity contribution in [2.24, 2.45) is 0 Å². The highest BCUT2D eigenvalue weighted by Crippen LogP contribution is 1.95. The van der Waals surface area contributed by atoms with E-state index in [2.05, 4.69) is 20.4 Å². The Morgan fingerprint density at radius 1 is 1.60 bits per heavy atom. The molecule has 1 aliphatic rings. The molecule has 1 aliphatic heterocycles. The molecule has 0 aromatic rings. The van der Waals surface area contributed by atoms with E-state index in [0.717, 1.165) is 26.2 Å². The van der Waals surface area contributed by atoms with Gasteiger partial charge in [0.2, 0.25) is 5.91 Å². The summed E-state index contributed by atoms with van der Waals surface area (Å²) in [6.45, 7) is 4.31. The van der Waals surface area contributed by atoms with Crippen LogP contribution in [0.2, 0.25) is 0 Å². The van der Waals surface area contributed by atoms with Gasteiger partial charge in [-0.15, -0.1) is 0 Å². The van der Waals surface area contributed by atoms with Crippen LogP contribution in [-0.2, 0) is 4.79 Å². The molecule has 15 heavy (non-hydrogen) atoms. The molecule has 1 amide bonds. The van der Waals surface area contributed by atoms with E-state index in [0.29, 0.717) is 6.54 Å². The Hall–Kier alpha value is -0.650. The lowest BCUT2D eigenvalue weighted by Crippen LogP contribution is -2.56. The van der Waals surface area contributed by atoms with Gasteiger partial charge in [-0.1, -0.05) is 0 Å². The third kappa shape index (κ3) is 4.59. The number of carbonyl (C=O) groups is 1. The minimum Gasteiger partial charge on any atom is -0.353 e. The third-order valence-corrected chi connectivity index (χ3v) is 2.55. The molecule has 0 bridgehead atoms. The minimum absolute atomic E-state index is 0.0501. The van der Waals surface area contributed by atoms with Crippen molar-refractivity contribution < 1.29 is 4.79 Å². The van der Waals surface area contributed by atoms with Gasteiger partial charge >= 0.3 is 0 Å². The lowest BCUT2D eigenvalue weighted by Gasteiger charge is -2.30. The van der Waals surface area contributed by atoms with Gasteiger partial charge in [0.15, 0.2) is 0 Å². The molecular formula is C10H22N4O. The topological polar surface area (TPSA) is 47.6 Å². The average Bonchev–Trinajstić information content (AvgIpc) is 2.17. The maximum Gasteiger partial charge on any atom is 0.238 e. The van der Waals surface area contributed by atoms with E-state index >= 15 is 0 Å². The van der Waals surface area contributed by atoms with E-state index in [9.17, 15) is 4.79 Å². The van der Waals surface area contributed by atoms with E-state index in [4.69, 9.17) is 0 Å². The van der Waals surface area contributed by atoms with Crippen molar-refractivity contribution in [1.82, 2.24) is 20.4 Å². The predicted molar refractivity (Wildman–Crippen MR) is 60.9 cm³/mol. The minimum atomic E-state index is -0.0501. The number of rotatable bonds is 4. The van der Waals surface area contributed by atoms with E-state index in [-0.39, 0.29) is 11.9 Å². The Balaban J connectivity index is 2.21. The fraction of sp³-hybridized carbons (Fsp3) is 0.900. The molecule has 1 saturated heterocycles. The summed E-state index contributed by atoms with van der Waals surface area (Å²) < 4.78 is 0. The lowest BCUT2D eigenvalue weighted by atomic mass is 10.2. The molecule has 5 heteroatoms. The summed E-state index contributed by atoms with van der Waals surface area (Å²) in [6.07, 6.45) is 0. The van der Waals surface area contributed by atoms with Crippen molar-refractivity contribution in [2.75, 3.05) is 53.9 Å². The van der Waals surface area contributed by atoms with Gasteiger partial charge in [-0.25, -0.2) is 0 Å². The first-order valence-corrected chi connectivity index (χ1v) is 5.44. The van der Waals surface area contributed by atoms with Gasteiger partial charge in [-0.2, -0.15) is 0 Å². The fourth-order valence-electron chi connectivity index (χ4n) is 1.60. The van der Waals surface area contributed by atoms with Crippen LogP contribution >= 0.6 is 0 Å². The second kappa shape index (κ2) is 6.05. The smallest absolute Gasteiger partial charge is 0.238 e. The molecule has 1 unspecified atom stereocenters. The monoisotopic (exact) mass is 214 g/mol. The van der Waals surface area contributed by atoms with E-state index < -0.39 is 0 Å². The van der Waals surface area contributed by atoms with Gasteiger partial charge in [0.05, 0.1) is 6.04 Å². The van der Waals surface area contributed by atoms with Gasteiger partial charge in [-0.3, -0.25) is 4.79 Å². The van der Waals surface area contributed by atoms with Crippen LogP contribution in [0.5, 0.6) is 0 Å². The summed E-state index contributed by atoms with van der Waals surface area (Å²) in [7, 11) is 6.04. The van der Waals surface area contributed by atoms with Crippen LogP contribution < -0.4 is 10.6 Å². The van der Waals surface area contributed by atoms with Crippen LogP contribution in [0.25, 0.3) is 0 Å². The van der Waals surface area contributed by atoms with Gasteiger partial charge < -0.3 is 20.4 Å². The van der Waals surface area contributed by atoms with E-state index in [1.54, 1.807) is 0 Å². The van der Waals surface area contributed by atoms with E-state index in [1.165, 1.54) is 0 Å². The van der Waals surface area contributed by atoms with Crippen LogP contribution in [0.15, 0.2) is 0 Å². The third-order valence-electron chi connectivity index (χ3n) is 2.55. The Labute approximate surface area is 91.8 Å². The first-order valence-electron chi connectivity index (χ1n) is 5.44. The van der Waals surface area contributed by atoms with Crippen molar-refractivity contribution in [3.05, 3.63) is 0 Å². The Bertz CT molecular complexity index is 208. The van der Waals surface area contributed by atoms with Gasteiger partial charge in [-0.05, 0) is 21.1 Å². The van der Waals surface area contributed by atoms with Crippen LogP contribution in [-0.4, -0.2) is 75.6 Å². The lowest BCUT2D eigenvalue weighted by molar-refractivity contribution is -0.124. The zero-order valence-electron chi connectivity index (χ0n) is 9.92. The Morgan fingerprint density at radius 3 is 2.93 bits per heavy atom. The summed E-state index contributed by atoms with van der Waals surface area (Å²) in [4.78, 5) is 15.9. The summed E-state index contributed by atoms with van der Waals surface area (Å²) in [6, 6.07) is -0.0501. The molecule has 1 atom stereocenters. The summed E-state index contributed by atoms with van der Waals surface area (Å²) in [5, 5.41) is 6.15. The van der Waals surface area contributed by atoms with E-state index in [1.807, 2.05) is 21.1 Å². The highest BCUT2D eigenvalue weighted by atomic mass is 16.2. The number of nitrogens with zero attached hydrogens (tertiary/aromatic N) is 2. The molecule has 1 heterocycles. The molecule has 0 saturated carbocycles. The molecule has 0 aromatic carbocycles. The molecule has 0 spiro atoms. The standard InChI is InChI=1S/C10H22N4O/c1-13(2)6-4-12-10(15)9-8-14(3)7-5-11-9/h9,11H,4-8H2,1-3H3,(H,12,15). The summed E-state index contributed by atoms with van der Waals surface area (Å²) in [5.41, 5.74) is 0. The number of carbonyl (C=O) groups excluding carboxylic acids is 1. The molecule has 5 nitrogen and oxygen atoms in total. The Kier molecular flexibility index (Phi) is 5.01. The zero-order chi connectivity index (χ0) is 11.3. The van der Waals surface area contributed by atoms with Crippen LogP contribution in [0.3, 0.4) is 0 Å².